The van der Waals surface area contributed by atoms with Gasteiger partial charge in [-0.2, -0.15) is 10.4 Å². The normalized spacial score (nSPS) is 15.0. The number of benzene rings is 1. The lowest BCUT2D eigenvalue weighted by atomic mass is 10.0. The van der Waals surface area contributed by atoms with Crippen LogP contribution in [0, 0.1) is 18.3 Å². The number of aryl methyl sites for hydroxylation is 1. The van der Waals surface area contributed by atoms with E-state index in [-0.39, 0.29) is 17.1 Å². The van der Waals surface area contributed by atoms with Gasteiger partial charge in [0, 0.05) is 6.42 Å². The monoisotopic (exact) mass is 538 g/mol. The molecule has 3 aromatic rings. The predicted molar refractivity (Wildman–Crippen MR) is 123 cm³/mol. The van der Waals surface area contributed by atoms with Crippen LogP contribution in [0.3, 0.4) is 0 Å². The van der Waals surface area contributed by atoms with Gasteiger partial charge in [0.15, 0.2) is 5.69 Å². The Bertz CT molecular complexity index is 1350. The van der Waals surface area contributed by atoms with Crippen molar-refractivity contribution < 1.29 is 27.5 Å². The number of amides is 2. The molecule has 2 heterocycles. The minimum atomic E-state index is -4.92. The van der Waals surface area contributed by atoms with Crippen LogP contribution in [0.25, 0.3) is 5.00 Å². The van der Waals surface area contributed by atoms with Crippen molar-refractivity contribution in [3.8, 4) is 16.8 Å². The first-order chi connectivity index (χ1) is 17.0. The summed E-state index contributed by atoms with van der Waals surface area (Å²) in [5.41, 5.74) is 0.316. The summed E-state index contributed by atoms with van der Waals surface area (Å²) < 4.78 is 41.5. The van der Waals surface area contributed by atoms with Crippen molar-refractivity contribution in [1.82, 2.24) is 25.6 Å². The molecule has 188 valence electrons. The molecule has 0 saturated heterocycles. The number of thiophene rings is 1. The van der Waals surface area contributed by atoms with Crippen molar-refractivity contribution in [3.63, 3.8) is 0 Å². The van der Waals surface area contributed by atoms with Crippen LogP contribution < -0.4 is 15.4 Å². The second-order valence-electron chi connectivity index (χ2n) is 8.21. The van der Waals surface area contributed by atoms with Crippen LogP contribution in [0.5, 0.6) is 5.75 Å². The quantitative estimate of drug-likeness (QED) is 0.451. The lowest BCUT2D eigenvalue weighted by molar-refractivity contribution is -0.274. The summed E-state index contributed by atoms with van der Waals surface area (Å²) in [7, 11) is 0. The van der Waals surface area contributed by atoms with Crippen LogP contribution in [0.1, 0.15) is 34.5 Å². The second kappa shape index (κ2) is 9.79. The highest BCUT2D eigenvalue weighted by Gasteiger charge is 2.45. The number of carbonyl (C=O) groups is 2. The lowest BCUT2D eigenvalue weighted by Gasteiger charge is -2.20. The van der Waals surface area contributed by atoms with Crippen LogP contribution >= 0.6 is 22.9 Å². The summed E-state index contributed by atoms with van der Waals surface area (Å²) in [6.07, 6.45) is -2.85. The maximum atomic E-state index is 13.0. The van der Waals surface area contributed by atoms with E-state index in [0.717, 1.165) is 11.6 Å². The molecule has 0 bridgehead atoms. The molecule has 14 heteroatoms. The van der Waals surface area contributed by atoms with Crippen LogP contribution in [-0.4, -0.2) is 44.8 Å². The van der Waals surface area contributed by atoms with Gasteiger partial charge in [0.1, 0.15) is 22.3 Å². The number of alkyl halides is 3. The van der Waals surface area contributed by atoms with Crippen LogP contribution in [-0.2, 0) is 11.2 Å². The summed E-state index contributed by atoms with van der Waals surface area (Å²) in [6, 6.07) is 6.23. The number of nitriles is 1. The molecule has 0 aliphatic heterocycles. The molecule has 0 spiro atoms. The molecule has 1 atom stereocenters. The van der Waals surface area contributed by atoms with Gasteiger partial charge in [-0.05, 0) is 54.5 Å². The average Bonchev–Trinajstić information content (AvgIpc) is 3.17. The van der Waals surface area contributed by atoms with E-state index in [1.54, 1.807) is 0 Å². The molecule has 9 nitrogen and oxygen atoms in total. The second-order valence-corrected chi connectivity index (χ2v) is 9.50. The summed E-state index contributed by atoms with van der Waals surface area (Å²) in [6.45, 7) is 1.91. The summed E-state index contributed by atoms with van der Waals surface area (Å²) in [4.78, 5) is 27.2. The van der Waals surface area contributed by atoms with E-state index < -0.39 is 35.5 Å². The summed E-state index contributed by atoms with van der Waals surface area (Å²) >= 11 is 7.31. The van der Waals surface area contributed by atoms with Crippen molar-refractivity contribution in [2.45, 2.75) is 44.1 Å². The molecule has 0 unspecified atom stereocenters. The van der Waals surface area contributed by atoms with Gasteiger partial charge in [-0.15, -0.1) is 34.4 Å². The first-order valence-corrected chi connectivity index (χ1v) is 11.8. The molecule has 36 heavy (non-hydrogen) atoms. The third-order valence-electron chi connectivity index (χ3n) is 5.25. The van der Waals surface area contributed by atoms with Crippen LogP contribution in [0.15, 0.2) is 35.8 Å². The van der Waals surface area contributed by atoms with Crippen molar-refractivity contribution in [3.05, 3.63) is 57.7 Å². The van der Waals surface area contributed by atoms with Crippen molar-refractivity contribution >= 4 is 34.8 Å². The fourth-order valence-electron chi connectivity index (χ4n) is 3.26. The SMILES string of the molecule is Cc1csc(-n2ncc(C(=O)N[C@@H](Cc3ccc(OC(F)(F)F)c(Cl)c3)C(=O)NC3(C#N)CC3)n2)c1. The molecule has 1 aromatic carbocycles. The molecule has 1 aliphatic carbocycles. The number of hydrogen-bond donors (Lipinski definition) is 2. The Labute approximate surface area is 211 Å². The number of carbonyl (C=O) groups excluding carboxylic acids is 2. The number of aromatic nitrogens is 3. The number of nitrogens with zero attached hydrogens (tertiary/aromatic N) is 4. The van der Waals surface area contributed by atoms with Gasteiger partial charge in [0.2, 0.25) is 5.91 Å². The highest BCUT2D eigenvalue weighted by molar-refractivity contribution is 7.12. The Balaban J connectivity index is 1.53. The Morgan fingerprint density at radius 2 is 2.11 bits per heavy atom. The van der Waals surface area contributed by atoms with E-state index >= 15 is 0 Å². The Morgan fingerprint density at radius 3 is 2.69 bits per heavy atom. The highest BCUT2D eigenvalue weighted by atomic mass is 35.5. The highest BCUT2D eigenvalue weighted by Crippen LogP contribution is 2.34. The topological polar surface area (TPSA) is 122 Å². The van der Waals surface area contributed by atoms with E-state index in [9.17, 15) is 28.0 Å². The van der Waals surface area contributed by atoms with Gasteiger partial charge in [0.05, 0.1) is 17.3 Å². The van der Waals surface area contributed by atoms with E-state index in [4.69, 9.17) is 11.6 Å². The summed E-state index contributed by atoms with van der Waals surface area (Å²) in [5, 5.41) is 25.0. The van der Waals surface area contributed by atoms with E-state index in [1.807, 2.05) is 24.4 Å². The zero-order valence-corrected chi connectivity index (χ0v) is 20.2. The zero-order valence-electron chi connectivity index (χ0n) is 18.6. The Morgan fingerprint density at radius 1 is 1.36 bits per heavy atom. The standard InChI is InChI=1S/C22H18ClF3N6O3S/c1-12-6-18(36-10-12)32-28-9-16(31-32)19(33)29-15(20(34)30-21(11-27)4-5-21)8-13-2-3-17(14(23)7-13)35-22(24,25)26/h2-3,6-7,9-10,15H,4-5,8H2,1H3,(H,29,33)(H,30,34)/t15-/m0/s1. The fourth-order valence-corrected chi connectivity index (χ4v) is 4.32. The zero-order chi connectivity index (χ0) is 26.1. The third kappa shape index (κ3) is 6.13. The van der Waals surface area contributed by atoms with Gasteiger partial charge in [-0.3, -0.25) is 9.59 Å². The van der Waals surface area contributed by atoms with Gasteiger partial charge >= 0.3 is 6.36 Å². The van der Waals surface area contributed by atoms with Gasteiger partial charge in [0.25, 0.3) is 5.91 Å². The molecule has 4 rings (SSSR count). The van der Waals surface area contributed by atoms with Crippen molar-refractivity contribution in [1.29, 1.82) is 5.26 Å². The largest absolute Gasteiger partial charge is 0.573 e. The number of ether oxygens (including phenoxy) is 1. The Hall–Kier alpha value is -3.63. The molecule has 2 N–H and O–H groups in total. The maximum Gasteiger partial charge on any atom is 0.573 e. The summed E-state index contributed by atoms with van der Waals surface area (Å²) in [5.74, 6) is -1.92. The molecule has 1 fully saturated rings. The number of rotatable bonds is 8. The Kier molecular flexibility index (Phi) is 6.92. The minimum absolute atomic E-state index is 0.0489. The number of hydrogen-bond acceptors (Lipinski definition) is 7. The maximum absolute atomic E-state index is 13.0. The third-order valence-corrected chi connectivity index (χ3v) is 6.56. The molecule has 1 aliphatic rings. The predicted octanol–water partition coefficient (Wildman–Crippen LogP) is 3.70. The van der Waals surface area contributed by atoms with Crippen LogP contribution in [0.4, 0.5) is 13.2 Å². The van der Waals surface area contributed by atoms with Crippen LogP contribution in [0.2, 0.25) is 5.02 Å². The fraction of sp³-hybridized carbons (Fsp3) is 0.318. The molecule has 2 amide bonds. The van der Waals surface area contributed by atoms with E-state index in [2.05, 4.69) is 25.6 Å². The molecule has 1 saturated carbocycles. The van der Waals surface area contributed by atoms with Gasteiger partial charge < -0.3 is 15.4 Å². The van der Waals surface area contributed by atoms with E-state index in [1.165, 1.54) is 34.5 Å². The molecular formula is C22H18ClF3N6O3S. The van der Waals surface area contributed by atoms with Crippen molar-refractivity contribution in [2.24, 2.45) is 0 Å². The smallest absolute Gasteiger partial charge is 0.404 e. The molecule has 2 aromatic heterocycles. The lowest BCUT2D eigenvalue weighted by Crippen LogP contribution is -2.51. The first-order valence-electron chi connectivity index (χ1n) is 10.5. The first kappa shape index (κ1) is 25.5. The number of halogens is 4. The molecule has 0 radical (unpaired) electrons. The minimum Gasteiger partial charge on any atom is -0.404 e. The van der Waals surface area contributed by atoms with Gasteiger partial charge in [-0.1, -0.05) is 17.7 Å². The average molecular weight is 539 g/mol. The number of nitrogens with one attached hydrogen (secondary N) is 2. The van der Waals surface area contributed by atoms with E-state index in [0.29, 0.717) is 23.4 Å². The van der Waals surface area contributed by atoms with Gasteiger partial charge in [-0.25, -0.2) is 0 Å². The van der Waals surface area contributed by atoms with Crippen molar-refractivity contribution in [2.75, 3.05) is 0 Å². The molecular weight excluding hydrogens is 521 g/mol.